The van der Waals surface area contributed by atoms with Gasteiger partial charge in [-0.15, -0.1) is 0 Å². The van der Waals surface area contributed by atoms with Crippen LogP contribution in [0.15, 0.2) is 97.2 Å². The number of unbranched alkanes of at least 4 members (excludes halogenated alkanes) is 30. The molecule has 1 unspecified atom stereocenters. The Hall–Kier alpha value is -3.67. The van der Waals surface area contributed by atoms with Crippen molar-refractivity contribution >= 4 is 17.9 Å². The van der Waals surface area contributed by atoms with Gasteiger partial charge in [-0.2, -0.15) is 0 Å². The monoisotopic (exact) mass is 1040 g/mol. The van der Waals surface area contributed by atoms with Gasteiger partial charge in [0.05, 0.1) is 0 Å². The molecule has 0 aromatic rings. The average Bonchev–Trinajstić information content (AvgIpc) is 3.41. The van der Waals surface area contributed by atoms with E-state index in [2.05, 4.69) is 118 Å². The van der Waals surface area contributed by atoms with E-state index in [-0.39, 0.29) is 31.1 Å². The summed E-state index contributed by atoms with van der Waals surface area (Å²) in [7, 11) is 0. The molecule has 0 aliphatic rings. The van der Waals surface area contributed by atoms with Crippen molar-refractivity contribution < 1.29 is 28.6 Å². The molecule has 6 heteroatoms. The smallest absolute Gasteiger partial charge is 0.306 e. The molecule has 0 bridgehead atoms. The number of rotatable bonds is 57. The second-order valence-electron chi connectivity index (χ2n) is 20.9. The van der Waals surface area contributed by atoms with Gasteiger partial charge in [-0.25, -0.2) is 0 Å². The fourth-order valence-electron chi connectivity index (χ4n) is 8.83. The first kappa shape index (κ1) is 71.3. The molecule has 0 N–H and O–H groups in total. The lowest BCUT2D eigenvalue weighted by Crippen LogP contribution is -2.30. The summed E-state index contributed by atoms with van der Waals surface area (Å²) in [4.78, 5) is 38.3. The lowest BCUT2D eigenvalue weighted by Gasteiger charge is -2.18. The van der Waals surface area contributed by atoms with Gasteiger partial charge in [0.2, 0.25) is 0 Å². The van der Waals surface area contributed by atoms with Crippen LogP contribution in [0.25, 0.3) is 0 Å². The van der Waals surface area contributed by atoms with Crippen molar-refractivity contribution in [2.75, 3.05) is 13.2 Å². The van der Waals surface area contributed by atoms with E-state index in [4.69, 9.17) is 14.2 Å². The van der Waals surface area contributed by atoms with E-state index in [1.807, 2.05) is 0 Å². The highest BCUT2D eigenvalue weighted by Gasteiger charge is 2.19. The Kier molecular flexibility index (Phi) is 59.8. The molecule has 0 amide bonds. The second-order valence-corrected chi connectivity index (χ2v) is 20.9. The first-order valence-electron chi connectivity index (χ1n) is 31.7. The molecular formula is C69H118O6. The number of allylic oxidation sites excluding steroid dienone is 16. The maximum absolute atomic E-state index is 12.9. The molecule has 0 aromatic heterocycles. The average molecular weight is 1040 g/mol. The minimum atomic E-state index is -0.786. The van der Waals surface area contributed by atoms with Crippen LogP contribution in [0.2, 0.25) is 0 Å². The lowest BCUT2D eigenvalue weighted by molar-refractivity contribution is -0.167. The van der Waals surface area contributed by atoms with Crippen molar-refractivity contribution in [3.63, 3.8) is 0 Å². The summed E-state index contributed by atoms with van der Waals surface area (Å²) in [6.07, 6.45) is 84.1. The van der Waals surface area contributed by atoms with Crippen LogP contribution >= 0.6 is 0 Å². The summed E-state index contributed by atoms with van der Waals surface area (Å²) in [6, 6.07) is 0. The predicted molar refractivity (Wildman–Crippen MR) is 325 cm³/mol. The number of hydrogen-bond donors (Lipinski definition) is 0. The van der Waals surface area contributed by atoms with Crippen LogP contribution in [0, 0.1) is 0 Å². The van der Waals surface area contributed by atoms with E-state index in [1.54, 1.807) is 0 Å². The van der Waals surface area contributed by atoms with Gasteiger partial charge in [-0.1, -0.05) is 279 Å². The number of esters is 3. The standard InChI is InChI=1S/C69H118O6/c1-4-7-10-13-16-19-22-24-26-28-30-32-33-34-35-37-38-40-42-44-47-50-53-56-59-62-68(71)74-65-66(64-73-67(70)61-58-55-52-49-46-21-18-15-12-9-6-3)75-69(72)63-60-57-54-51-48-45-43-41-39-36-31-29-27-25-23-20-17-14-11-8-5-2/h7,10,16,19,23-26,29-32,34-35,38,40,66H,4-6,8-9,11-15,17-18,20-22,27-28,33,36-37,39,41-65H2,1-3H3/b10-7-,19-16-,25-23-,26-24-,31-29-,32-30-,35-34-,40-38-. The van der Waals surface area contributed by atoms with E-state index in [1.165, 1.54) is 148 Å². The van der Waals surface area contributed by atoms with Gasteiger partial charge in [-0.3, -0.25) is 14.4 Å². The van der Waals surface area contributed by atoms with E-state index in [0.29, 0.717) is 19.3 Å². The van der Waals surface area contributed by atoms with Crippen LogP contribution in [-0.2, 0) is 28.6 Å². The number of ether oxygens (including phenoxy) is 3. The van der Waals surface area contributed by atoms with Gasteiger partial charge >= 0.3 is 17.9 Å². The predicted octanol–water partition coefficient (Wildman–Crippen LogP) is 21.7. The third kappa shape index (κ3) is 61.1. The molecule has 75 heavy (non-hydrogen) atoms. The third-order valence-electron chi connectivity index (χ3n) is 13.6. The molecule has 0 aromatic carbocycles. The Bertz CT molecular complexity index is 1480. The maximum Gasteiger partial charge on any atom is 0.306 e. The Labute approximate surface area is 464 Å². The molecule has 0 aliphatic heterocycles. The highest BCUT2D eigenvalue weighted by molar-refractivity contribution is 5.71. The van der Waals surface area contributed by atoms with Crippen molar-refractivity contribution in [3.05, 3.63) is 97.2 Å². The summed E-state index contributed by atoms with van der Waals surface area (Å²) in [5.41, 5.74) is 0. The molecule has 0 rings (SSSR count). The van der Waals surface area contributed by atoms with Gasteiger partial charge in [0.1, 0.15) is 13.2 Å². The fourth-order valence-corrected chi connectivity index (χ4v) is 8.83. The molecule has 0 heterocycles. The summed E-state index contributed by atoms with van der Waals surface area (Å²) in [5, 5.41) is 0. The Morgan fingerprint density at radius 1 is 0.280 bits per heavy atom. The zero-order chi connectivity index (χ0) is 54.3. The Morgan fingerprint density at radius 2 is 0.520 bits per heavy atom. The fraction of sp³-hybridized carbons (Fsp3) is 0.725. The normalized spacial score (nSPS) is 12.7. The first-order chi connectivity index (χ1) is 37.0. The molecule has 0 saturated carbocycles. The summed E-state index contributed by atoms with van der Waals surface area (Å²) in [5.74, 6) is -0.893. The SMILES string of the molecule is CC/C=C\C/C=C\C/C=C\C/C=C\C/C=C\C/C=C\CCCCCCCCC(=O)OCC(COC(=O)CCCCCCCCCCCCC)OC(=O)CCCCCCCCCCC/C=C\C/C=C\CCCCCCC. The van der Waals surface area contributed by atoms with Crippen LogP contribution in [0.1, 0.15) is 303 Å². The molecular weight excluding hydrogens is 925 g/mol. The van der Waals surface area contributed by atoms with Crippen LogP contribution in [0.4, 0.5) is 0 Å². The van der Waals surface area contributed by atoms with Crippen molar-refractivity contribution in [3.8, 4) is 0 Å². The summed E-state index contributed by atoms with van der Waals surface area (Å²) in [6.45, 7) is 6.52. The Balaban J connectivity index is 4.34. The zero-order valence-corrected chi connectivity index (χ0v) is 49.3. The molecule has 0 spiro atoms. The van der Waals surface area contributed by atoms with Crippen LogP contribution in [0.3, 0.4) is 0 Å². The number of hydrogen-bond acceptors (Lipinski definition) is 6. The van der Waals surface area contributed by atoms with Crippen molar-refractivity contribution in [1.82, 2.24) is 0 Å². The largest absolute Gasteiger partial charge is 0.462 e. The lowest BCUT2D eigenvalue weighted by atomic mass is 10.1. The van der Waals surface area contributed by atoms with Crippen LogP contribution in [0.5, 0.6) is 0 Å². The third-order valence-corrected chi connectivity index (χ3v) is 13.6. The maximum atomic E-state index is 12.9. The van der Waals surface area contributed by atoms with Gasteiger partial charge in [0.25, 0.3) is 0 Å². The first-order valence-corrected chi connectivity index (χ1v) is 31.7. The Morgan fingerprint density at radius 3 is 0.813 bits per heavy atom. The summed E-state index contributed by atoms with van der Waals surface area (Å²) < 4.78 is 16.9. The highest BCUT2D eigenvalue weighted by atomic mass is 16.6. The van der Waals surface area contributed by atoms with Gasteiger partial charge in [0, 0.05) is 19.3 Å². The van der Waals surface area contributed by atoms with Gasteiger partial charge in [-0.05, 0) is 103 Å². The minimum Gasteiger partial charge on any atom is -0.462 e. The zero-order valence-electron chi connectivity index (χ0n) is 49.3. The summed E-state index contributed by atoms with van der Waals surface area (Å²) >= 11 is 0. The number of carbonyl (C=O) groups excluding carboxylic acids is 3. The van der Waals surface area contributed by atoms with Crippen molar-refractivity contribution in [1.29, 1.82) is 0 Å². The molecule has 6 nitrogen and oxygen atoms in total. The minimum absolute atomic E-state index is 0.0819. The molecule has 0 aliphatic carbocycles. The highest BCUT2D eigenvalue weighted by Crippen LogP contribution is 2.16. The van der Waals surface area contributed by atoms with Gasteiger partial charge in [0.15, 0.2) is 6.10 Å². The quantitative estimate of drug-likeness (QED) is 0.0261. The van der Waals surface area contributed by atoms with Crippen LogP contribution in [-0.4, -0.2) is 37.2 Å². The van der Waals surface area contributed by atoms with Gasteiger partial charge < -0.3 is 14.2 Å². The molecule has 430 valence electrons. The molecule has 0 fully saturated rings. The van der Waals surface area contributed by atoms with E-state index < -0.39 is 6.10 Å². The second kappa shape index (κ2) is 62.9. The van der Waals surface area contributed by atoms with Crippen molar-refractivity contribution in [2.24, 2.45) is 0 Å². The van der Waals surface area contributed by atoms with Crippen LogP contribution < -0.4 is 0 Å². The van der Waals surface area contributed by atoms with E-state index in [0.717, 1.165) is 116 Å². The molecule has 0 saturated heterocycles. The molecule has 0 radical (unpaired) electrons. The number of carbonyl (C=O) groups is 3. The topological polar surface area (TPSA) is 78.9 Å². The van der Waals surface area contributed by atoms with E-state index >= 15 is 0 Å². The molecule has 1 atom stereocenters. The van der Waals surface area contributed by atoms with Crippen molar-refractivity contribution in [2.45, 2.75) is 309 Å². The van der Waals surface area contributed by atoms with E-state index in [9.17, 15) is 14.4 Å².